The van der Waals surface area contributed by atoms with E-state index in [1.54, 1.807) is 0 Å². The molecule has 2 aromatic rings. The van der Waals surface area contributed by atoms with Crippen molar-refractivity contribution in [2.45, 2.75) is 94.4 Å². The van der Waals surface area contributed by atoms with Gasteiger partial charge >= 0.3 is 12.0 Å². The summed E-state index contributed by atoms with van der Waals surface area (Å²) in [5.74, 6) is -1.00. The number of nitrogens with zero attached hydrogens (tertiary/aromatic N) is 3. The molecule has 1 atom stereocenters. The van der Waals surface area contributed by atoms with Gasteiger partial charge in [-0.05, 0) is 82.4 Å². The van der Waals surface area contributed by atoms with Crippen molar-refractivity contribution in [2.24, 2.45) is 0 Å². The molecule has 2 aliphatic carbocycles. The van der Waals surface area contributed by atoms with E-state index in [0.717, 1.165) is 32.1 Å². The molecule has 39 heavy (non-hydrogen) atoms. The van der Waals surface area contributed by atoms with Crippen LogP contribution in [0.1, 0.15) is 76.3 Å². The van der Waals surface area contributed by atoms with Crippen LogP contribution >= 0.6 is 0 Å². The first-order valence-electron chi connectivity index (χ1n) is 14.4. The van der Waals surface area contributed by atoms with Gasteiger partial charge in [-0.25, -0.2) is 4.79 Å². The Kier molecular flexibility index (Phi) is 6.94. The third kappa shape index (κ3) is 4.21. The van der Waals surface area contributed by atoms with Gasteiger partial charge in [-0.3, -0.25) is 4.79 Å². The van der Waals surface area contributed by atoms with E-state index in [-0.39, 0.29) is 18.1 Å². The van der Waals surface area contributed by atoms with Crippen molar-refractivity contribution in [2.75, 3.05) is 25.0 Å². The van der Waals surface area contributed by atoms with E-state index in [1.165, 1.54) is 21.7 Å². The number of carboxylic acids is 1. The third-order valence-corrected chi connectivity index (χ3v) is 10.6. The third-order valence-electron chi connectivity index (χ3n) is 10.6. The summed E-state index contributed by atoms with van der Waals surface area (Å²) in [6.45, 7) is 6.27. The number of carbonyl (C=O) groups is 2. The van der Waals surface area contributed by atoms with Gasteiger partial charge in [0.2, 0.25) is 0 Å². The van der Waals surface area contributed by atoms with Crippen molar-refractivity contribution in [1.82, 2.24) is 9.80 Å². The second-order valence-electron chi connectivity index (χ2n) is 12.3. The summed E-state index contributed by atoms with van der Waals surface area (Å²) >= 11 is 0. The maximum absolute atomic E-state index is 14.0. The van der Waals surface area contributed by atoms with Crippen LogP contribution < -0.4 is 4.90 Å². The Balaban J connectivity index is 1.56. The summed E-state index contributed by atoms with van der Waals surface area (Å²) in [5, 5.41) is 21.3. The van der Waals surface area contributed by atoms with Crippen LogP contribution in [0.3, 0.4) is 0 Å². The van der Waals surface area contributed by atoms with Crippen LogP contribution in [0.5, 0.6) is 0 Å². The number of hydrogen-bond donors (Lipinski definition) is 2. The fourth-order valence-electron chi connectivity index (χ4n) is 7.85. The Morgan fingerprint density at radius 2 is 1.62 bits per heavy atom. The zero-order valence-electron chi connectivity index (χ0n) is 23.8. The van der Waals surface area contributed by atoms with Gasteiger partial charge in [-0.15, -0.1) is 0 Å². The monoisotopic (exact) mass is 533 g/mol. The molecule has 2 saturated carbocycles. The minimum atomic E-state index is -1.00. The number of aliphatic carboxylic acids is 1. The number of hydrogen-bond acceptors (Lipinski definition) is 4. The van der Waals surface area contributed by atoms with Crippen LogP contribution in [0.15, 0.2) is 54.6 Å². The Morgan fingerprint density at radius 3 is 2.15 bits per heavy atom. The highest BCUT2D eigenvalue weighted by Gasteiger charge is 2.64. The first kappa shape index (κ1) is 27.5. The summed E-state index contributed by atoms with van der Waals surface area (Å²) in [7, 11) is 2.18. The first-order chi connectivity index (χ1) is 18.5. The molecule has 0 bridgehead atoms. The average molecular weight is 534 g/mol. The molecule has 7 heteroatoms. The lowest BCUT2D eigenvalue weighted by Crippen LogP contribution is -2.71. The van der Waals surface area contributed by atoms with E-state index in [2.05, 4.69) is 67.4 Å². The van der Waals surface area contributed by atoms with Gasteiger partial charge in [0.05, 0.1) is 22.2 Å². The molecule has 1 aliphatic heterocycles. The quantitative estimate of drug-likeness (QED) is 0.465. The van der Waals surface area contributed by atoms with E-state index in [0.29, 0.717) is 25.8 Å². The number of aryl methyl sites for hydroxylation is 1. The molecule has 5 rings (SSSR count). The van der Waals surface area contributed by atoms with Crippen LogP contribution in [0.25, 0.3) is 0 Å². The zero-order chi connectivity index (χ0) is 28.1. The van der Waals surface area contributed by atoms with Crippen LogP contribution in [0.4, 0.5) is 10.5 Å². The molecule has 210 valence electrons. The maximum atomic E-state index is 14.0. The van der Waals surface area contributed by atoms with Gasteiger partial charge in [0.15, 0.2) is 0 Å². The van der Waals surface area contributed by atoms with Gasteiger partial charge in [0, 0.05) is 19.3 Å². The molecule has 1 spiro atoms. The highest BCUT2D eigenvalue weighted by atomic mass is 16.4. The lowest BCUT2D eigenvalue weighted by atomic mass is 9.62. The first-order valence-corrected chi connectivity index (χ1v) is 14.4. The predicted octanol–water partition coefficient (Wildman–Crippen LogP) is 5.55. The summed E-state index contributed by atoms with van der Waals surface area (Å²) in [4.78, 5) is 31.6. The Bertz CT molecular complexity index is 1220. The standard InChI is InChI=1S/C32H43N3O4/c1-5-29(3,32(39)16-11-17-32)35-28(38)34(22-27(36)37)23-30(35)18-20-31(21-19-30,25-13-7-6-8-14-25)33(4)26-15-10-9-12-24(26)2/h6-10,12-15,39H,5,11,16-23H2,1-4H3,(H,36,37). The van der Waals surface area contributed by atoms with Crippen molar-refractivity contribution in [3.63, 3.8) is 0 Å². The van der Waals surface area contributed by atoms with Crippen molar-refractivity contribution in [3.05, 3.63) is 65.7 Å². The molecule has 7 nitrogen and oxygen atoms in total. The smallest absolute Gasteiger partial charge is 0.323 e. The molecule has 2 aromatic carbocycles. The summed E-state index contributed by atoms with van der Waals surface area (Å²) in [5.41, 5.74) is 1.13. The number of amides is 2. The molecule has 1 unspecified atom stereocenters. The van der Waals surface area contributed by atoms with Crippen LogP contribution in [-0.2, 0) is 10.3 Å². The van der Waals surface area contributed by atoms with Gasteiger partial charge in [0.1, 0.15) is 6.54 Å². The van der Waals surface area contributed by atoms with Crippen molar-refractivity contribution < 1.29 is 19.8 Å². The fourth-order valence-corrected chi connectivity index (χ4v) is 7.85. The van der Waals surface area contributed by atoms with Crippen LogP contribution in [0, 0.1) is 6.92 Å². The number of aliphatic hydroxyl groups is 1. The van der Waals surface area contributed by atoms with Gasteiger partial charge < -0.3 is 24.9 Å². The number of carbonyl (C=O) groups excluding carboxylic acids is 1. The van der Waals surface area contributed by atoms with E-state index in [4.69, 9.17) is 0 Å². The van der Waals surface area contributed by atoms with Crippen LogP contribution in [0.2, 0.25) is 0 Å². The maximum Gasteiger partial charge on any atom is 0.323 e. The summed E-state index contributed by atoms with van der Waals surface area (Å²) < 4.78 is 0. The number of anilines is 1. The molecule has 2 N–H and O–H groups in total. The fraction of sp³-hybridized carbons (Fsp3) is 0.562. The van der Waals surface area contributed by atoms with Gasteiger partial charge in [-0.2, -0.15) is 0 Å². The number of para-hydroxylation sites is 1. The van der Waals surface area contributed by atoms with E-state index in [1.807, 2.05) is 24.8 Å². The molecular formula is C32H43N3O4. The van der Waals surface area contributed by atoms with Gasteiger partial charge in [-0.1, -0.05) is 55.5 Å². The second-order valence-corrected chi connectivity index (χ2v) is 12.3. The number of benzene rings is 2. The molecule has 0 radical (unpaired) electrons. The summed E-state index contributed by atoms with van der Waals surface area (Å²) in [6.07, 6.45) is 5.97. The van der Waals surface area contributed by atoms with E-state index in [9.17, 15) is 19.8 Å². The summed E-state index contributed by atoms with van der Waals surface area (Å²) in [6, 6.07) is 18.8. The Labute approximate surface area is 232 Å². The molecule has 3 fully saturated rings. The normalized spacial score (nSPS) is 27.8. The predicted molar refractivity (Wildman–Crippen MR) is 153 cm³/mol. The number of carboxylic acid groups (broad SMARTS) is 1. The SMILES string of the molecule is CCC(C)(N1C(=O)N(CC(=O)O)CC12CCC(c1ccccc1)(N(C)c1ccccc1C)CC2)C1(O)CCC1. The molecule has 1 saturated heterocycles. The molecular weight excluding hydrogens is 490 g/mol. The highest BCUT2D eigenvalue weighted by molar-refractivity contribution is 5.84. The zero-order valence-corrected chi connectivity index (χ0v) is 23.8. The molecule has 3 aliphatic rings. The van der Waals surface area contributed by atoms with E-state index < -0.39 is 22.6 Å². The van der Waals surface area contributed by atoms with Crippen molar-refractivity contribution >= 4 is 17.7 Å². The minimum Gasteiger partial charge on any atom is -0.480 e. The van der Waals surface area contributed by atoms with E-state index >= 15 is 0 Å². The van der Waals surface area contributed by atoms with Crippen molar-refractivity contribution in [1.29, 1.82) is 0 Å². The average Bonchev–Trinajstić information content (AvgIpc) is 3.18. The highest BCUT2D eigenvalue weighted by Crippen LogP contribution is 2.56. The molecule has 2 amide bonds. The minimum absolute atomic E-state index is 0.249. The number of urea groups is 1. The van der Waals surface area contributed by atoms with Crippen LogP contribution in [-0.4, -0.2) is 68.8 Å². The number of rotatable bonds is 8. The van der Waals surface area contributed by atoms with Crippen molar-refractivity contribution in [3.8, 4) is 0 Å². The Hall–Kier alpha value is -3.06. The topological polar surface area (TPSA) is 84.3 Å². The largest absolute Gasteiger partial charge is 0.480 e. The Morgan fingerprint density at radius 1 is 1.00 bits per heavy atom. The second kappa shape index (κ2) is 9.84. The lowest BCUT2D eigenvalue weighted by Gasteiger charge is -2.61. The molecule has 1 heterocycles. The molecule has 0 aromatic heterocycles. The lowest BCUT2D eigenvalue weighted by molar-refractivity contribution is -0.161. The van der Waals surface area contributed by atoms with Gasteiger partial charge in [0.25, 0.3) is 0 Å².